The maximum atomic E-state index is 8.31. The van der Waals surface area contributed by atoms with Crippen molar-refractivity contribution in [2.75, 3.05) is 6.54 Å². The summed E-state index contributed by atoms with van der Waals surface area (Å²) in [6.45, 7) is 0.510. The first kappa shape index (κ1) is 8.84. The molecule has 0 aliphatic heterocycles. The molecule has 0 aliphatic rings. The van der Waals surface area contributed by atoms with Crippen LogP contribution in [0, 0.1) is 0 Å². The molecular formula is C5H13NO3. The van der Waals surface area contributed by atoms with Crippen molar-refractivity contribution in [2.24, 2.45) is 5.73 Å². The van der Waals surface area contributed by atoms with Crippen LogP contribution in [0.5, 0.6) is 0 Å². The summed E-state index contributed by atoms with van der Waals surface area (Å²) in [7, 11) is 0. The average molecular weight is 135 g/mol. The predicted octanol–water partition coefficient (Wildman–Crippen LogP) is -1.25. The van der Waals surface area contributed by atoms with E-state index in [1.807, 2.05) is 0 Å². The lowest BCUT2D eigenvalue weighted by Gasteiger charge is -2.12. The molecule has 0 saturated heterocycles. The Bertz CT molecular complexity index is 69.1. The van der Waals surface area contributed by atoms with Gasteiger partial charge in [-0.1, -0.05) is 0 Å². The van der Waals surface area contributed by atoms with Crippen LogP contribution < -0.4 is 5.73 Å². The summed E-state index contributed by atoms with van der Waals surface area (Å²) in [4.78, 5) is 0. The van der Waals surface area contributed by atoms with E-state index < -0.39 is 5.97 Å². The molecule has 0 radical (unpaired) electrons. The van der Waals surface area contributed by atoms with E-state index in [1.54, 1.807) is 0 Å². The van der Waals surface area contributed by atoms with E-state index in [9.17, 15) is 0 Å². The zero-order valence-electron chi connectivity index (χ0n) is 5.25. The van der Waals surface area contributed by atoms with Crippen LogP contribution in [-0.4, -0.2) is 27.8 Å². The van der Waals surface area contributed by atoms with Crippen LogP contribution in [0.1, 0.15) is 19.3 Å². The lowest BCUT2D eigenvalue weighted by molar-refractivity contribution is -0.314. The summed E-state index contributed by atoms with van der Waals surface area (Å²) in [5, 5.41) is 24.9. The quantitative estimate of drug-likeness (QED) is 0.286. The van der Waals surface area contributed by atoms with Gasteiger partial charge in [0.2, 0.25) is 0 Å². The second kappa shape index (κ2) is 3.79. The second-order valence-electron chi connectivity index (χ2n) is 2.02. The Balaban J connectivity index is 3.07. The SMILES string of the molecule is NCCCCC(O)(O)O. The van der Waals surface area contributed by atoms with Gasteiger partial charge in [0, 0.05) is 6.42 Å². The maximum Gasteiger partial charge on any atom is 0.275 e. The van der Waals surface area contributed by atoms with E-state index >= 15 is 0 Å². The molecule has 0 aromatic carbocycles. The molecule has 0 atom stereocenters. The van der Waals surface area contributed by atoms with Crippen LogP contribution in [0.3, 0.4) is 0 Å². The summed E-state index contributed by atoms with van der Waals surface area (Å²) in [5.74, 6) is -2.50. The van der Waals surface area contributed by atoms with Crippen LogP contribution in [0.4, 0.5) is 0 Å². The molecule has 0 heterocycles. The Morgan fingerprint density at radius 1 is 1.11 bits per heavy atom. The Hall–Kier alpha value is -0.160. The number of aliphatic hydroxyl groups is 3. The number of unbranched alkanes of at least 4 members (excludes halogenated alkanes) is 1. The molecule has 9 heavy (non-hydrogen) atoms. The van der Waals surface area contributed by atoms with Crippen molar-refractivity contribution in [3.05, 3.63) is 0 Å². The van der Waals surface area contributed by atoms with Crippen molar-refractivity contribution in [1.82, 2.24) is 0 Å². The molecule has 0 spiro atoms. The van der Waals surface area contributed by atoms with Gasteiger partial charge in [0.1, 0.15) is 0 Å². The van der Waals surface area contributed by atoms with Crippen molar-refractivity contribution in [1.29, 1.82) is 0 Å². The van der Waals surface area contributed by atoms with Gasteiger partial charge in [-0.05, 0) is 19.4 Å². The number of hydrogen-bond acceptors (Lipinski definition) is 4. The van der Waals surface area contributed by atoms with Gasteiger partial charge < -0.3 is 21.1 Å². The molecule has 0 amide bonds. The van der Waals surface area contributed by atoms with Gasteiger partial charge in [-0.15, -0.1) is 0 Å². The van der Waals surface area contributed by atoms with Gasteiger partial charge in [0.15, 0.2) is 0 Å². The largest absolute Gasteiger partial charge is 0.344 e. The van der Waals surface area contributed by atoms with E-state index in [1.165, 1.54) is 0 Å². The minimum Gasteiger partial charge on any atom is -0.344 e. The molecule has 0 aromatic rings. The minimum atomic E-state index is -2.50. The number of hydrogen-bond donors (Lipinski definition) is 4. The lowest BCUT2D eigenvalue weighted by atomic mass is 10.2. The van der Waals surface area contributed by atoms with Crippen LogP contribution in [-0.2, 0) is 0 Å². The van der Waals surface area contributed by atoms with Gasteiger partial charge in [0.05, 0.1) is 0 Å². The molecule has 4 heteroatoms. The standard InChI is InChI=1S/C5H13NO3/c6-4-2-1-3-5(7,8)9/h7-9H,1-4,6H2. The molecule has 56 valence electrons. The highest BCUT2D eigenvalue weighted by atomic mass is 16.7. The molecular weight excluding hydrogens is 122 g/mol. The Morgan fingerprint density at radius 2 is 1.67 bits per heavy atom. The smallest absolute Gasteiger partial charge is 0.275 e. The van der Waals surface area contributed by atoms with Crippen molar-refractivity contribution >= 4 is 0 Å². The normalized spacial score (nSPS) is 12.0. The van der Waals surface area contributed by atoms with Crippen LogP contribution >= 0.6 is 0 Å². The van der Waals surface area contributed by atoms with Crippen LogP contribution in [0.15, 0.2) is 0 Å². The third kappa shape index (κ3) is 7.84. The van der Waals surface area contributed by atoms with Crippen molar-refractivity contribution in [3.8, 4) is 0 Å². The molecule has 0 fully saturated rings. The monoisotopic (exact) mass is 135 g/mol. The zero-order chi connectivity index (χ0) is 7.33. The molecule has 0 rings (SSSR count). The second-order valence-corrected chi connectivity index (χ2v) is 2.02. The molecule has 0 bridgehead atoms. The summed E-state index contributed by atoms with van der Waals surface area (Å²) < 4.78 is 0. The van der Waals surface area contributed by atoms with E-state index in [4.69, 9.17) is 21.1 Å². The first-order valence-corrected chi connectivity index (χ1v) is 2.93. The molecule has 5 N–H and O–H groups in total. The highest BCUT2D eigenvalue weighted by molar-refractivity contribution is 4.48. The Kier molecular flexibility index (Phi) is 3.72. The van der Waals surface area contributed by atoms with Crippen molar-refractivity contribution < 1.29 is 15.3 Å². The zero-order valence-corrected chi connectivity index (χ0v) is 5.25. The first-order chi connectivity index (χ1) is 4.06. The molecule has 0 aromatic heterocycles. The van der Waals surface area contributed by atoms with Gasteiger partial charge in [-0.25, -0.2) is 0 Å². The Labute approximate surface area is 53.9 Å². The van der Waals surface area contributed by atoms with E-state index in [-0.39, 0.29) is 6.42 Å². The van der Waals surface area contributed by atoms with Crippen LogP contribution in [0.25, 0.3) is 0 Å². The van der Waals surface area contributed by atoms with Crippen molar-refractivity contribution in [3.63, 3.8) is 0 Å². The Morgan fingerprint density at radius 3 is 2.00 bits per heavy atom. The average Bonchev–Trinajstić information content (AvgIpc) is 1.63. The predicted molar refractivity (Wildman–Crippen MR) is 32.3 cm³/mol. The fourth-order valence-corrected chi connectivity index (χ4v) is 0.507. The molecule has 0 unspecified atom stereocenters. The van der Waals surface area contributed by atoms with Gasteiger partial charge >= 0.3 is 0 Å². The summed E-state index contributed by atoms with van der Waals surface area (Å²) in [6.07, 6.45) is 1.19. The van der Waals surface area contributed by atoms with Gasteiger partial charge in [0.25, 0.3) is 5.97 Å². The molecule has 0 aliphatic carbocycles. The number of nitrogens with two attached hydrogens (primary N) is 1. The summed E-state index contributed by atoms with van der Waals surface area (Å²) in [5.41, 5.74) is 5.11. The fourth-order valence-electron chi connectivity index (χ4n) is 0.507. The summed E-state index contributed by atoms with van der Waals surface area (Å²) in [6, 6.07) is 0. The van der Waals surface area contributed by atoms with Crippen LogP contribution in [0.2, 0.25) is 0 Å². The van der Waals surface area contributed by atoms with Gasteiger partial charge in [-0.3, -0.25) is 0 Å². The van der Waals surface area contributed by atoms with E-state index in [0.29, 0.717) is 19.4 Å². The molecule has 0 saturated carbocycles. The molecule has 4 nitrogen and oxygen atoms in total. The number of rotatable bonds is 4. The topological polar surface area (TPSA) is 86.7 Å². The maximum absolute atomic E-state index is 8.31. The fraction of sp³-hybridized carbons (Fsp3) is 1.00. The van der Waals surface area contributed by atoms with Gasteiger partial charge in [-0.2, -0.15) is 0 Å². The highest BCUT2D eigenvalue weighted by Crippen LogP contribution is 2.05. The van der Waals surface area contributed by atoms with E-state index in [2.05, 4.69) is 0 Å². The first-order valence-electron chi connectivity index (χ1n) is 2.93. The third-order valence-corrected chi connectivity index (χ3v) is 0.966. The lowest BCUT2D eigenvalue weighted by Crippen LogP contribution is -2.26. The van der Waals surface area contributed by atoms with Crippen molar-refractivity contribution in [2.45, 2.75) is 25.2 Å². The minimum absolute atomic E-state index is 0.0375. The van der Waals surface area contributed by atoms with E-state index in [0.717, 1.165) is 0 Å². The highest BCUT2D eigenvalue weighted by Gasteiger charge is 2.15. The summed E-state index contributed by atoms with van der Waals surface area (Å²) >= 11 is 0. The third-order valence-electron chi connectivity index (χ3n) is 0.966.